The average molecular weight is 317 g/mol. The molecule has 1 aromatic carbocycles. The fourth-order valence-corrected chi connectivity index (χ4v) is 3.30. The minimum Gasteiger partial charge on any atom is -0.370 e. The van der Waals surface area contributed by atoms with Crippen molar-refractivity contribution in [2.45, 2.75) is 30.8 Å². The van der Waals surface area contributed by atoms with Gasteiger partial charge in [0.1, 0.15) is 0 Å². The van der Waals surface area contributed by atoms with Crippen LogP contribution in [-0.2, 0) is 12.7 Å². The summed E-state index contributed by atoms with van der Waals surface area (Å²) in [7, 11) is 0. The smallest absolute Gasteiger partial charge is 0.370 e. The zero-order chi connectivity index (χ0) is 15.3. The van der Waals surface area contributed by atoms with E-state index in [9.17, 15) is 13.2 Å². The third-order valence-electron chi connectivity index (χ3n) is 3.22. The number of benzene rings is 1. The van der Waals surface area contributed by atoms with E-state index < -0.39 is 11.7 Å². The number of rotatable bonds is 4. The molecule has 1 aromatic rings. The van der Waals surface area contributed by atoms with Crippen LogP contribution in [0.15, 0.2) is 29.3 Å². The number of halogens is 3. The lowest BCUT2D eigenvalue weighted by molar-refractivity contribution is -0.137. The Bertz CT molecular complexity index is 496. The first-order valence-corrected chi connectivity index (χ1v) is 7.81. The van der Waals surface area contributed by atoms with Gasteiger partial charge in [-0.1, -0.05) is 12.1 Å². The summed E-state index contributed by atoms with van der Waals surface area (Å²) in [6.07, 6.45) is -1.94. The molecule has 1 saturated heterocycles. The Hall–Kier alpha value is -1.37. The number of nitrogens with two attached hydrogens (primary N) is 1. The quantitative estimate of drug-likeness (QED) is 0.663. The van der Waals surface area contributed by atoms with Gasteiger partial charge < -0.3 is 11.1 Å². The molecule has 1 heterocycles. The summed E-state index contributed by atoms with van der Waals surface area (Å²) in [4.78, 5) is 4.09. The second-order valence-electron chi connectivity index (χ2n) is 4.92. The van der Waals surface area contributed by atoms with E-state index in [2.05, 4.69) is 10.3 Å². The van der Waals surface area contributed by atoms with Crippen molar-refractivity contribution in [3.05, 3.63) is 35.4 Å². The van der Waals surface area contributed by atoms with Gasteiger partial charge in [-0.15, -0.1) is 0 Å². The molecule has 3 nitrogen and oxygen atoms in total. The number of nitrogens with one attached hydrogen (secondary N) is 1. The Morgan fingerprint density at radius 1 is 1.43 bits per heavy atom. The standard InChI is InChI=1S/C14H18F3N3S/c15-14(16,17)11-4-1-3-10(7-11)8-19-13(18)20-9-12-5-2-6-21-12/h1,3-4,7,12H,2,5-6,8-9H2,(H3,18,19,20). The minimum absolute atomic E-state index is 0.139. The highest BCUT2D eigenvalue weighted by molar-refractivity contribution is 8.00. The van der Waals surface area contributed by atoms with Crippen molar-refractivity contribution in [2.24, 2.45) is 10.7 Å². The molecule has 1 atom stereocenters. The van der Waals surface area contributed by atoms with Crippen LogP contribution in [0, 0.1) is 0 Å². The molecule has 0 spiro atoms. The highest BCUT2D eigenvalue weighted by atomic mass is 32.2. The Morgan fingerprint density at radius 3 is 2.90 bits per heavy atom. The topological polar surface area (TPSA) is 50.4 Å². The van der Waals surface area contributed by atoms with Crippen molar-refractivity contribution in [3.63, 3.8) is 0 Å². The van der Waals surface area contributed by atoms with Crippen LogP contribution >= 0.6 is 11.8 Å². The molecule has 0 amide bonds. The fraction of sp³-hybridized carbons (Fsp3) is 0.500. The van der Waals surface area contributed by atoms with Crippen LogP contribution < -0.4 is 11.1 Å². The molecule has 116 valence electrons. The van der Waals surface area contributed by atoms with E-state index >= 15 is 0 Å². The van der Waals surface area contributed by atoms with Gasteiger partial charge in [-0.3, -0.25) is 0 Å². The van der Waals surface area contributed by atoms with E-state index in [-0.39, 0.29) is 12.5 Å². The van der Waals surface area contributed by atoms with E-state index in [1.54, 1.807) is 6.07 Å². The Labute approximate surface area is 126 Å². The van der Waals surface area contributed by atoms with Crippen LogP contribution in [0.3, 0.4) is 0 Å². The largest absolute Gasteiger partial charge is 0.416 e. The molecule has 7 heteroatoms. The second-order valence-corrected chi connectivity index (χ2v) is 6.32. The van der Waals surface area contributed by atoms with Gasteiger partial charge in [0.05, 0.1) is 12.1 Å². The van der Waals surface area contributed by atoms with Crippen LogP contribution in [0.5, 0.6) is 0 Å². The molecule has 21 heavy (non-hydrogen) atoms. The lowest BCUT2D eigenvalue weighted by Crippen LogP contribution is -2.35. The maximum absolute atomic E-state index is 12.6. The van der Waals surface area contributed by atoms with Gasteiger partial charge in [0.25, 0.3) is 0 Å². The summed E-state index contributed by atoms with van der Waals surface area (Å²) in [5.74, 6) is 1.45. The fourth-order valence-electron chi connectivity index (χ4n) is 2.10. The summed E-state index contributed by atoms with van der Waals surface area (Å²) in [6.45, 7) is 0.892. The SMILES string of the molecule is NC(=NCc1cccc(C(F)(F)F)c1)NCC1CCCS1. The molecule has 1 fully saturated rings. The average Bonchev–Trinajstić information content (AvgIpc) is 2.95. The molecular formula is C14H18F3N3S. The van der Waals surface area contributed by atoms with Gasteiger partial charge >= 0.3 is 6.18 Å². The first-order valence-electron chi connectivity index (χ1n) is 6.76. The van der Waals surface area contributed by atoms with Crippen LogP contribution in [0.2, 0.25) is 0 Å². The Kier molecular flexibility index (Phi) is 5.39. The van der Waals surface area contributed by atoms with Gasteiger partial charge in [-0.25, -0.2) is 4.99 Å². The van der Waals surface area contributed by atoms with Crippen LogP contribution in [0.25, 0.3) is 0 Å². The van der Waals surface area contributed by atoms with Crippen molar-refractivity contribution in [1.29, 1.82) is 0 Å². The predicted octanol–water partition coefficient (Wildman–Crippen LogP) is 3.01. The molecule has 0 aromatic heterocycles. The summed E-state index contributed by atoms with van der Waals surface area (Å²) >= 11 is 1.91. The first kappa shape index (κ1) is 16.0. The number of hydrogen-bond donors (Lipinski definition) is 2. The van der Waals surface area contributed by atoms with Crippen LogP contribution in [-0.4, -0.2) is 23.5 Å². The third-order valence-corrected chi connectivity index (χ3v) is 4.62. The van der Waals surface area contributed by atoms with Crippen molar-refractivity contribution >= 4 is 17.7 Å². The van der Waals surface area contributed by atoms with Crippen LogP contribution in [0.4, 0.5) is 13.2 Å². The van der Waals surface area contributed by atoms with Gasteiger partial charge in [-0.2, -0.15) is 24.9 Å². The lowest BCUT2D eigenvalue weighted by Gasteiger charge is -2.11. The lowest BCUT2D eigenvalue weighted by atomic mass is 10.1. The molecule has 0 aliphatic carbocycles. The molecular weight excluding hydrogens is 299 g/mol. The van der Waals surface area contributed by atoms with Gasteiger partial charge in [0, 0.05) is 11.8 Å². The summed E-state index contributed by atoms with van der Waals surface area (Å²) in [5, 5.41) is 3.57. The number of nitrogens with zero attached hydrogens (tertiary/aromatic N) is 1. The van der Waals surface area contributed by atoms with Gasteiger partial charge in [0.15, 0.2) is 5.96 Å². The zero-order valence-electron chi connectivity index (χ0n) is 11.5. The summed E-state index contributed by atoms with van der Waals surface area (Å²) in [6, 6.07) is 5.14. The monoisotopic (exact) mass is 317 g/mol. The number of guanidine groups is 1. The molecule has 3 N–H and O–H groups in total. The van der Waals surface area contributed by atoms with E-state index in [1.165, 1.54) is 24.7 Å². The van der Waals surface area contributed by atoms with Crippen molar-refractivity contribution in [3.8, 4) is 0 Å². The normalized spacial score (nSPS) is 19.8. The molecule has 0 saturated carbocycles. The highest BCUT2D eigenvalue weighted by Gasteiger charge is 2.30. The molecule has 0 radical (unpaired) electrons. The molecule has 2 rings (SSSR count). The maximum atomic E-state index is 12.6. The van der Waals surface area contributed by atoms with Gasteiger partial charge in [0.2, 0.25) is 0 Å². The van der Waals surface area contributed by atoms with E-state index in [1.807, 2.05) is 11.8 Å². The van der Waals surface area contributed by atoms with E-state index in [0.717, 1.165) is 18.7 Å². The van der Waals surface area contributed by atoms with Crippen molar-refractivity contribution in [1.82, 2.24) is 5.32 Å². The van der Waals surface area contributed by atoms with Crippen molar-refractivity contribution < 1.29 is 13.2 Å². The minimum atomic E-state index is -4.33. The second kappa shape index (κ2) is 7.06. The van der Waals surface area contributed by atoms with Crippen molar-refractivity contribution in [2.75, 3.05) is 12.3 Å². The highest BCUT2D eigenvalue weighted by Crippen LogP contribution is 2.29. The summed E-state index contributed by atoms with van der Waals surface area (Å²) in [5.41, 5.74) is 5.56. The number of thioether (sulfide) groups is 1. The third kappa shape index (κ3) is 5.15. The number of hydrogen-bond acceptors (Lipinski definition) is 2. The molecule has 0 bridgehead atoms. The van der Waals surface area contributed by atoms with Gasteiger partial charge in [-0.05, 0) is 36.3 Å². The molecule has 1 aliphatic heterocycles. The van der Waals surface area contributed by atoms with E-state index in [0.29, 0.717) is 10.8 Å². The predicted molar refractivity (Wildman–Crippen MR) is 80.3 cm³/mol. The van der Waals surface area contributed by atoms with Crippen LogP contribution in [0.1, 0.15) is 24.0 Å². The maximum Gasteiger partial charge on any atom is 0.416 e. The number of aliphatic imine (C=N–C) groups is 1. The zero-order valence-corrected chi connectivity index (χ0v) is 12.3. The first-order chi connectivity index (χ1) is 9.95. The Morgan fingerprint density at radius 2 is 2.24 bits per heavy atom. The number of alkyl halides is 3. The van der Waals surface area contributed by atoms with E-state index in [4.69, 9.17) is 5.73 Å². The molecule has 1 aliphatic rings. The summed E-state index contributed by atoms with van der Waals surface area (Å²) < 4.78 is 37.8. The molecule has 1 unspecified atom stereocenters. The Balaban J connectivity index is 1.87.